The number of hydrogen-bond acceptors (Lipinski definition) is 6. The van der Waals surface area contributed by atoms with Crippen LogP contribution in [0.15, 0.2) is 303 Å². The van der Waals surface area contributed by atoms with E-state index in [9.17, 15) is 0 Å². The molecule has 0 fully saturated rings. The van der Waals surface area contributed by atoms with E-state index < -0.39 is 0 Å². The molecule has 0 atom stereocenters. The molecule has 0 radical (unpaired) electrons. The second kappa shape index (κ2) is 21.6. The molecule has 0 amide bonds. The molecule has 5 heterocycles. The third-order valence-electron chi connectivity index (χ3n) is 17.9. The Labute approximate surface area is 523 Å². The molecule has 2 aliphatic rings. The van der Waals surface area contributed by atoms with Crippen molar-refractivity contribution in [3.05, 3.63) is 314 Å². The first kappa shape index (κ1) is 52.6. The Morgan fingerprint density at radius 2 is 0.711 bits per heavy atom. The van der Waals surface area contributed by atoms with Crippen LogP contribution < -0.4 is 26.2 Å². The molecule has 422 valence electrons. The zero-order valence-electron chi connectivity index (χ0n) is 49.6. The standard InChI is InChI=1S/C82H56BN7/c1-53-37-44-73-64(47-53)65-48-54(2)38-45-74(65)90(73)75-46-41-60(71-51-69(56-21-7-3-8-22-56)84-81(86-71)58-25-11-5-12-26-58)50-66(75)72-52-70(57-23-9-4-10-24-57)85-82(87-72)61-28-19-27-59(49-61)55-39-42-63(43-40-55)89-77-34-18-16-32-68(77)83-67-31-15-17-33-76(67)88(62-29-13-6-14-30-62)78-35-20-36-79(89)80(78)83/h3-52H,1-2H3. The summed E-state index contributed by atoms with van der Waals surface area (Å²) in [7, 11) is 0. The molecule has 0 aliphatic carbocycles. The molecule has 7 nitrogen and oxygen atoms in total. The maximum atomic E-state index is 5.67. The summed E-state index contributed by atoms with van der Waals surface area (Å²) in [6, 6.07) is 109. The second-order valence-electron chi connectivity index (χ2n) is 23.5. The Hall–Kier alpha value is -11.7. The van der Waals surface area contributed by atoms with Crippen molar-refractivity contribution in [3.8, 4) is 84.6 Å². The van der Waals surface area contributed by atoms with Gasteiger partial charge in [0.05, 0.1) is 39.5 Å². The molecule has 2 aliphatic heterocycles. The molecule has 0 bridgehead atoms. The van der Waals surface area contributed by atoms with Crippen LogP contribution >= 0.6 is 0 Å². The summed E-state index contributed by atoms with van der Waals surface area (Å²) in [5.41, 5.74) is 27.6. The summed E-state index contributed by atoms with van der Waals surface area (Å²) in [5.74, 6) is 1.27. The summed E-state index contributed by atoms with van der Waals surface area (Å²) < 4.78 is 2.41. The number of anilines is 6. The van der Waals surface area contributed by atoms with Gasteiger partial charge in [-0.3, -0.25) is 0 Å². The highest BCUT2D eigenvalue weighted by atomic mass is 15.2. The Balaban J connectivity index is 0.812. The lowest BCUT2D eigenvalue weighted by Gasteiger charge is -2.44. The highest BCUT2D eigenvalue weighted by Gasteiger charge is 2.43. The summed E-state index contributed by atoms with van der Waals surface area (Å²) in [5, 5.41) is 2.40. The Morgan fingerprint density at radius 1 is 0.278 bits per heavy atom. The number of aryl methyl sites for hydroxylation is 2. The average Bonchev–Trinajstić information content (AvgIpc) is 0.740. The average molecular weight is 1150 g/mol. The normalized spacial score (nSPS) is 12.3. The van der Waals surface area contributed by atoms with Crippen LogP contribution in [0.3, 0.4) is 0 Å². The van der Waals surface area contributed by atoms with Gasteiger partial charge in [-0.2, -0.15) is 0 Å². The predicted molar refractivity (Wildman–Crippen MR) is 374 cm³/mol. The van der Waals surface area contributed by atoms with Crippen LogP contribution in [0.4, 0.5) is 34.1 Å². The van der Waals surface area contributed by atoms with E-state index in [4.69, 9.17) is 19.9 Å². The number of rotatable bonds is 10. The molecule has 17 rings (SSSR count). The number of nitrogens with zero attached hydrogens (tertiary/aromatic N) is 7. The minimum Gasteiger partial charge on any atom is -0.311 e. The van der Waals surface area contributed by atoms with Crippen molar-refractivity contribution in [2.24, 2.45) is 0 Å². The molecule has 0 saturated carbocycles. The first-order valence-corrected chi connectivity index (χ1v) is 30.7. The van der Waals surface area contributed by atoms with E-state index in [1.165, 1.54) is 61.0 Å². The fourth-order valence-electron chi connectivity index (χ4n) is 13.8. The fourth-order valence-corrected chi connectivity index (χ4v) is 13.8. The van der Waals surface area contributed by atoms with Gasteiger partial charge >= 0.3 is 0 Å². The van der Waals surface area contributed by atoms with E-state index in [0.717, 1.165) is 95.4 Å². The number of aromatic nitrogens is 5. The van der Waals surface area contributed by atoms with Gasteiger partial charge in [-0.05, 0) is 144 Å². The van der Waals surface area contributed by atoms with Crippen molar-refractivity contribution in [2.45, 2.75) is 13.8 Å². The quantitative estimate of drug-likeness (QED) is 0.127. The van der Waals surface area contributed by atoms with Crippen LogP contribution in [0.25, 0.3) is 106 Å². The maximum Gasteiger partial charge on any atom is 0.252 e. The molecule has 8 heteroatoms. The van der Waals surface area contributed by atoms with Gasteiger partial charge in [0.2, 0.25) is 0 Å². The largest absolute Gasteiger partial charge is 0.311 e. The lowest BCUT2D eigenvalue weighted by molar-refractivity contribution is 1.15. The zero-order chi connectivity index (χ0) is 59.8. The maximum absolute atomic E-state index is 5.67. The van der Waals surface area contributed by atoms with Gasteiger partial charge in [0.15, 0.2) is 11.6 Å². The van der Waals surface area contributed by atoms with Gasteiger partial charge in [0.1, 0.15) is 0 Å². The first-order valence-electron chi connectivity index (χ1n) is 30.7. The Kier molecular flexibility index (Phi) is 12.6. The highest BCUT2D eigenvalue weighted by Crippen LogP contribution is 2.45. The minimum absolute atomic E-state index is 0.0718. The number of para-hydroxylation sites is 3. The third-order valence-corrected chi connectivity index (χ3v) is 17.9. The molecular weight excluding hydrogens is 1090 g/mol. The molecule has 15 aromatic rings. The summed E-state index contributed by atoms with van der Waals surface area (Å²) in [4.78, 5) is 26.5. The molecule has 0 unspecified atom stereocenters. The van der Waals surface area contributed by atoms with Crippen molar-refractivity contribution >= 4 is 79.0 Å². The summed E-state index contributed by atoms with van der Waals surface area (Å²) >= 11 is 0. The molecule has 0 N–H and O–H groups in total. The first-order chi connectivity index (χ1) is 44.4. The lowest BCUT2D eigenvalue weighted by atomic mass is 9.33. The molecule has 90 heavy (non-hydrogen) atoms. The summed E-state index contributed by atoms with van der Waals surface area (Å²) in [6.07, 6.45) is 0. The van der Waals surface area contributed by atoms with E-state index in [-0.39, 0.29) is 6.71 Å². The van der Waals surface area contributed by atoms with Crippen LogP contribution in [0.2, 0.25) is 0 Å². The fraction of sp³-hybridized carbons (Fsp3) is 0.0244. The SMILES string of the molecule is Cc1ccc2c(c1)c1cc(C)ccc1n2-c1ccc(-c2cc(-c3ccccc3)nc(-c3ccccc3)n2)cc1-c1cc(-c2ccccc2)nc(-c2cccc(-c3ccc(N4c5ccccc5B5c6ccccc6N(c6ccccc6)c6cccc4c65)cc3)c2)n1. The molecule has 0 spiro atoms. The van der Waals surface area contributed by atoms with Crippen molar-refractivity contribution in [1.29, 1.82) is 0 Å². The van der Waals surface area contributed by atoms with Crippen molar-refractivity contribution in [1.82, 2.24) is 24.5 Å². The third kappa shape index (κ3) is 8.99. The van der Waals surface area contributed by atoms with Crippen LogP contribution in [0, 0.1) is 13.8 Å². The molecular formula is C82H56BN7. The Morgan fingerprint density at radius 3 is 1.30 bits per heavy atom. The van der Waals surface area contributed by atoms with E-state index in [1.807, 2.05) is 24.3 Å². The Bertz CT molecular complexity index is 5160. The smallest absolute Gasteiger partial charge is 0.252 e. The molecule has 12 aromatic carbocycles. The molecule has 3 aromatic heterocycles. The lowest BCUT2D eigenvalue weighted by Crippen LogP contribution is -2.61. The van der Waals surface area contributed by atoms with E-state index in [2.05, 4.69) is 307 Å². The number of hydrogen-bond donors (Lipinski definition) is 0. The van der Waals surface area contributed by atoms with Gasteiger partial charge in [-0.1, -0.05) is 211 Å². The van der Waals surface area contributed by atoms with Crippen LogP contribution in [-0.4, -0.2) is 31.2 Å². The summed E-state index contributed by atoms with van der Waals surface area (Å²) in [6.45, 7) is 4.41. The van der Waals surface area contributed by atoms with Crippen molar-refractivity contribution < 1.29 is 0 Å². The van der Waals surface area contributed by atoms with Gasteiger partial charge in [-0.25, -0.2) is 19.9 Å². The van der Waals surface area contributed by atoms with E-state index >= 15 is 0 Å². The number of fused-ring (bicyclic) bond motifs is 7. The van der Waals surface area contributed by atoms with Crippen LogP contribution in [-0.2, 0) is 0 Å². The van der Waals surface area contributed by atoms with Gasteiger partial charge < -0.3 is 14.4 Å². The minimum atomic E-state index is 0.0718. The van der Waals surface area contributed by atoms with Gasteiger partial charge in [0, 0.05) is 78.3 Å². The van der Waals surface area contributed by atoms with Gasteiger partial charge in [0.25, 0.3) is 6.71 Å². The zero-order valence-corrected chi connectivity index (χ0v) is 49.6. The van der Waals surface area contributed by atoms with Crippen molar-refractivity contribution in [2.75, 3.05) is 9.80 Å². The second-order valence-corrected chi connectivity index (χ2v) is 23.5. The highest BCUT2D eigenvalue weighted by molar-refractivity contribution is 7.00. The van der Waals surface area contributed by atoms with E-state index in [1.54, 1.807) is 0 Å². The van der Waals surface area contributed by atoms with Crippen LogP contribution in [0.1, 0.15) is 11.1 Å². The topological polar surface area (TPSA) is 63.0 Å². The number of benzene rings is 12. The predicted octanol–water partition coefficient (Wildman–Crippen LogP) is 18.7. The van der Waals surface area contributed by atoms with E-state index in [0.29, 0.717) is 11.6 Å². The monoisotopic (exact) mass is 1150 g/mol. The van der Waals surface area contributed by atoms with Gasteiger partial charge in [-0.15, -0.1) is 0 Å². The van der Waals surface area contributed by atoms with Crippen LogP contribution in [0.5, 0.6) is 0 Å². The molecule has 0 saturated heterocycles. The van der Waals surface area contributed by atoms with Crippen molar-refractivity contribution in [3.63, 3.8) is 0 Å².